The number of aliphatic hydroxyl groups is 1. The number of ketones is 1. The van der Waals surface area contributed by atoms with Crippen molar-refractivity contribution in [2.75, 3.05) is 4.90 Å². The quantitative estimate of drug-likeness (QED) is 0.223. The van der Waals surface area contributed by atoms with Crippen molar-refractivity contribution in [1.29, 1.82) is 0 Å². The largest absolute Gasteiger partial charge is 0.507 e. The number of carbonyl (C=O) groups is 2. The Kier molecular flexibility index (Phi) is 4.82. The Morgan fingerprint density at radius 1 is 1.16 bits per heavy atom. The van der Waals surface area contributed by atoms with Gasteiger partial charge in [0.25, 0.3) is 11.5 Å². The third-order valence-corrected chi connectivity index (χ3v) is 4.84. The molecule has 2 aromatic carbocycles. The number of amides is 1. The van der Waals surface area contributed by atoms with Gasteiger partial charge in [0.05, 0.1) is 16.5 Å². The van der Waals surface area contributed by atoms with Crippen molar-refractivity contribution in [2.24, 2.45) is 0 Å². The van der Waals surface area contributed by atoms with Gasteiger partial charge in [-0.05, 0) is 48.9 Å². The Labute approximate surface area is 174 Å². The molecule has 1 aliphatic heterocycles. The molecular formula is C21H14FN3O6. The van der Waals surface area contributed by atoms with Crippen LogP contribution in [0.2, 0.25) is 0 Å². The van der Waals surface area contributed by atoms with Crippen LogP contribution >= 0.6 is 0 Å². The number of benzene rings is 2. The van der Waals surface area contributed by atoms with Crippen molar-refractivity contribution in [3.8, 4) is 0 Å². The highest BCUT2D eigenvalue weighted by atomic mass is 19.1. The summed E-state index contributed by atoms with van der Waals surface area (Å²) in [5, 5.41) is 25.6. The van der Waals surface area contributed by atoms with E-state index in [1.165, 1.54) is 42.5 Å². The molecule has 0 radical (unpaired) electrons. The fourth-order valence-corrected chi connectivity index (χ4v) is 3.39. The number of nitro benzene ring substituents is 1. The zero-order chi connectivity index (χ0) is 22.3. The Morgan fingerprint density at radius 3 is 2.35 bits per heavy atom. The summed E-state index contributed by atoms with van der Waals surface area (Å²) in [5.41, 5.74) is 0.0133. The van der Waals surface area contributed by atoms with Gasteiger partial charge < -0.3 is 9.63 Å². The van der Waals surface area contributed by atoms with E-state index in [9.17, 15) is 29.2 Å². The number of aryl methyl sites for hydroxylation is 1. The van der Waals surface area contributed by atoms with Crippen LogP contribution in [0.4, 0.5) is 15.9 Å². The first-order valence-electron chi connectivity index (χ1n) is 9.02. The number of rotatable bonds is 4. The molecule has 1 fully saturated rings. The molecule has 31 heavy (non-hydrogen) atoms. The summed E-state index contributed by atoms with van der Waals surface area (Å²) in [6, 6.07) is 10.3. The molecule has 3 aromatic rings. The lowest BCUT2D eigenvalue weighted by Crippen LogP contribution is -2.29. The number of Topliss-reactive ketones (excluding diaryl/α,β-unsaturated/α-hetero) is 1. The number of hydrogen-bond acceptors (Lipinski definition) is 7. The van der Waals surface area contributed by atoms with Crippen molar-refractivity contribution in [1.82, 2.24) is 5.16 Å². The van der Waals surface area contributed by atoms with Crippen LogP contribution in [-0.2, 0) is 9.59 Å². The molecule has 1 unspecified atom stereocenters. The van der Waals surface area contributed by atoms with Gasteiger partial charge in [0.15, 0.2) is 5.82 Å². The summed E-state index contributed by atoms with van der Waals surface area (Å²) >= 11 is 0. The normalized spacial score (nSPS) is 17.9. The van der Waals surface area contributed by atoms with E-state index < -0.39 is 34.2 Å². The number of non-ortho nitro benzene ring substituents is 1. The molecule has 156 valence electrons. The molecule has 1 saturated heterocycles. The van der Waals surface area contributed by atoms with E-state index in [-0.39, 0.29) is 22.6 Å². The topological polar surface area (TPSA) is 127 Å². The molecule has 0 bridgehead atoms. The lowest BCUT2D eigenvalue weighted by atomic mass is 9.95. The van der Waals surface area contributed by atoms with Crippen LogP contribution in [-0.4, -0.2) is 26.9 Å². The molecule has 4 rings (SSSR count). The van der Waals surface area contributed by atoms with E-state index in [4.69, 9.17) is 4.52 Å². The Balaban J connectivity index is 1.92. The summed E-state index contributed by atoms with van der Waals surface area (Å²) in [6.45, 7) is 1.60. The fraction of sp³-hybridized carbons (Fsp3) is 0.0952. The predicted molar refractivity (Wildman–Crippen MR) is 106 cm³/mol. The number of nitro groups is 1. The highest BCUT2D eigenvalue weighted by molar-refractivity contribution is 6.51. The summed E-state index contributed by atoms with van der Waals surface area (Å²) in [6.07, 6.45) is 0. The SMILES string of the molecule is Cc1cc(N2C(=O)C(=O)C(=C(O)c3ccc(F)cc3)C2c2ccc([N+](=O)[O-])cc2)no1. The summed E-state index contributed by atoms with van der Waals surface area (Å²) in [5.74, 6) is -2.56. The van der Waals surface area contributed by atoms with E-state index in [0.29, 0.717) is 11.3 Å². The zero-order valence-electron chi connectivity index (χ0n) is 16.0. The van der Waals surface area contributed by atoms with Gasteiger partial charge in [0, 0.05) is 23.8 Å². The highest BCUT2D eigenvalue weighted by Crippen LogP contribution is 2.42. The van der Waals surface area contributed by atoms with Gasteiger partial charge in [-0.15, -0.1) is 0 Å². The number of carbonyl (C=O) groups excluding carboxylic acids is 2. The monoisotopic (exact) mass is 423 g/mol. The predicted octanol–water partition coefficient (Wildman–Crippen LogP) is 3.66. The van der Waals surface area contributed by atoms with E-state index in [2.05, 4.69) is 5.16 Å². The van der Waals surface area contributed by atoms with Crippen molar-refractivity contribution in [3.05, 3.63) is 93.0 Å². The van der Waals surface area contributed by atoms with Crippen LogP contribution in [0.1, 0.15) is 22.9 Å². The number of aliphatic hydroxyl groups excluding tert-OH is 1. The fourth-order valence-electron chi connectivity index (χ4n) is 3.39. The minimum Gasteiger partial charge on any atom is -0.507 e. The third-order valence-electron chi connectivity index (χ3n) is 4.84. The van der Waals surface area contributed by atoms with Crippen LogP contribution < -0.4 is 4.90 Å². The van der Waals surface area contributed by atoms with Crippen molar-refractivity contribution in [2.45, 2.75) is 13.0 Å². The van der Waals surface area contributed by atoms with E-state index in [1.54, 1.807) is 6.92 Å². The maximum atomic E-state index is 13.3. The zero-order valence-corrected chi connectivity index (χ0v) is 16.0. The molecule has 9 nitrogen and oxygen atoms in total. The summed E-state index contributed by atoms with van der Waals surface area (Å²) < 4.78 is 18.3. The van der Waals surface area contributed by atoms with Gasteiger partial charge in [-0.1, -0.05) is 5.16 Å². The van der Waals surface area contributed by atoms with Gasteiger partial charge in [-0.2, -0.15) is 0 Å². The maximum absolute atomic E-state index is 13.3. The van der Waals surface area contributed by atoms with Crippen molar-refractivity contribution < 1.29 is 28.5 Å². The standard InChI is InChI=1S/C21H14FN3O6/c1-11-10-16(23-31-11)24-18(12-4-8-15(9-5-12)25(29)30)17(20(27)21(24)28)19(26)13-2-6-14(22)7-3-13/h2-10,18,26H,1H3. The smallest absolute Gasteiger partial charge is 0.301 e. The van der Waals surface area contributed by atoms with Crippen LogP contribution in [0.3, 0.4) is 0 Å². The number of halogens is 1. The first kappa shape index (κ1) is 20.0. The lowest BCUT2D eigenvalue weighted by Gasteiger charge is -2.22. The minimum absolute atomic E-state index is 0.0427. The molecule has 1 atom stereocenters. The van der Waals surface area contributed by atoms with Gasteiger partial charge in [-0.3, -0.25) is 24.6 Å². The molecular weight excluding hydrogens is 409 g/mol. The Hall–Kier alpha value is -4.34. The van der Waals surface area contributed by atoms with Gasteiger partial charge in [0.1, 0.15) is 17.3 Å². The average molecular weight is 423 g/mol. The molecule has 2 heterocycles. The number of aromatic nitrogens is 1. The van der Waals surface area contributed by atoms with Gasteiger partial charge in [0.2, 0.25) is 0 Å². The van der Waals surface area contributed by atoms with E-state index in [1.807, 2.05) is 0 Å². The molecule has 1 aliphatic rings. The molecule has 0 spiro atoms. The Bertz CT molecular complexity index is 1230. The molecule has 0 aliphatic carbocycles. The molecule has 10 heteroatoms. The molecule has 1 amide bonds. The number of nitrogens with zero attached hydrogens (tertiary/aromatic N) is 3. The van der Waals surface area contributed by atoms with E-state index >= 15 is 0 Å². The second-order valence-corrected chi connectivity index (χ2v) is 6.82. The highest BCUT2D eigenvalue weighted by Gasteiger charge is 2.48. The molecule has 0 saturated carbocycles. The summed E-state index contributed by atoms with van der Waals surface area (Å²) in [4.78, 5) is 37.2. The van der Waals surface area contributed by atoms with E-state index in [0.717, 1.165) is 17.0 Å². The molecule has 1 N–H and O–H groups in total. The average Bonchev–Trinajstić information content (AvgIpc) is 3.29. The first-order chi connectivity index (χ1) is 14.8. The van der Waals surface area contributed by atoms with Crippen molar-refractivity contribution in [3.63, 3.8) is 0 Å². The molecule has 1 aromatic heterocycles. The number of hydrogen-bond donors (Lipinski definition) is 1. The first-order valence-corrected chi connectivity index (χ1v) is 9.02. The van der Waals surface area contributed by atoms with Gasteiger partial charge >= 0.3 is 5.91 Å². The van der Waals surface area contributed by atoms with Crippen molar-refractivity contribution >= 4 is 29.0 Å². The second-order valence-electron chi connectivity index (χ2n) is 6.82. The third kappa shape index (κ3) is 3.44. The minimum atomic E-state index is -1.13. The van der Waals surface area contributed by atoms with Crippen LogP contribution in [0, 0.1) is 22.9 Å². The van der Waals surface area contributed by atoms with Crippen LogP contribution in [0.15, 0.2) is 64.7 Å². The Morgan fingerprint density at radius 2 is 1.81 bits per heavy atom. The number of anilines is 1. The second kappa shape index (κ2) is 7.48. The summed E-state index contributed by atoms with van der Waals surface area (Å²) in [7, 11) is 0. The van der Waals surface area contributed by atoms with Crippen LogP contribution in [0.25, 0.3) is 5.76 Å². The lowest BCUT2D eigenvalue weighted by molar-refractivity contribution is -0.384. The maximum Gasteiger partial charge on any atom is 0.301 e. The van der Waals surface area contributed by atoms with Gasteiger partial charge in [-0.25, -0.2) is 4.39 Å². The van der Waals surface area contributed by atoms with Crippen LogP contribution in [0.5, 0.6) is 0 Å².